The Kier molecular flexibility index (Phi) is 3.81. The van der Waals surface area contributed by atoms with Gasteiger partial charge in [-0.15, -0.1) is 11.3 Å². The van der Waals surface area contributed by atoms with Gasteiger partial charge in [-0.25, -0.2) is 4.78 Å². The number of imide groups is 1. The predicted molar refractivity (Wildman–Crippen MR) is 85.0 cm³/mol. The smallest absolute Gasteiger partial charge is 0.271 e. The first-order chi connectivity index (χ1) is 10.5. The zero-order valence-corrected chi connectivity index (χ0v) is 13.9. The minimum absolute atomic E-state index is 0.296. The molecule has 0 aliphatic carbocycles. The number of carbonyl (C=O) groups is 2. The molecule has 7 nitrogen and oxygen atoms in total. The summed E-state index contributed by atoms with van der Waals surface area (Å²) < 4.78 is 19.3. The number of hydrogen-bond acceptors (Lipinski definition) is 8. The van der Waals surface area contributed by atoms with E-state index in [0.29, 0.717) is 37.9 Å². The Morgan fingerprint density at radius 1 is 1.41 bits per heavy atom. The Balaban J connectivity index is 2.15. The Morgan fingerprint density at radius 2 is 2.18 bits per heavy atom. The summed E-state index contributed by atoms with van der Waals surface area (Å²) in [5.74, 6) is -0.600. The van der Waals surface area contributed by atoms with Crippen LogP contribution < -0.4 is 0 Å². The number of nitrogens with one attached hydrogen (secondary N) is 1. The van der Waals surface area contributed by atoms with Crippen LogP contribution in [0.15, 0.2) is 16.6 Å². The summed E-state index contributed by atoms with van der Waals surface area (Å²) in [4.78, 5) is 26.3. The molecule has 10 heteroatoms. The Hall–Kier alpha value is -2.04. The molecule has 0 fully saturated rings. The van der Waals surface area contributed by atoms with E-state index in [4.69, 9.17) is 4.78 Å². The molecule has 0 saturated heterocycles. The predicted octanol–water partition coefficient (Wildman–Crippen LogP) is 2.55. The van der Waals surface area contributed by atoms with Crippen LogP contribution in [0.3, 0.4) is 0 Å². The molecule has 0 saturated carbocycles. The highest BCUT2D eigenvalue weighted by Gasteiger charge is 2.36. The minimum atomic E-state index is -0.304. The number of thiophene rings is 1. The highest BCUT2D eigenvalue weighted by Crippen LogP contribution is 2.36. The monoisotopic (exact) mass is 351 g/mol. The molecule has 1 aliphatic heterocycles. The number of amides is 2. The summed E-state index contributed by atoms with van der Waals surface area (Å²) in [6.07, 6.45) is 1.51. The average Bonchev–Trinajstić information content (AvgIpc) is 3.17. The van der Waals surface area contributed by atoms with Crippen molar-refractivity contribution in [1.29, 1.82) is 4.78 Å². The van der Waals surface area contributed by atoms with Gasteiger partial charge in [-0.1, -0.05) is 0 Å². The summed E-state index contributed by atoms with van der Waals surface area (Å²) in [6.45, 7) is 1.83. The topological polar surface area (TPSA) is 99.4 Å². The number of aromatic nitrogens is 2. The maximum atomic E-state index is 12.0. The quantitative estimate of drug-likeness (QED) is 0.859. The fourth-order valence-electron chi connectivity index (χ4n) is 2.06. The third kappa shape index (κ3) is 2.25. The second-order valence-electron chi connectivity index (χ2n) is 4.46. The number of carbonyl (C=O) groups excluding carboxylic acids is 2. The maximum absolute atomic E-state index is 12.0. The third-order valence-corrected chi connectivity index (χ3v) is 5.16. The first-order valence-electron chi connectivity index (χ1n) is 6.03. The van der Waals surface area contributed by atoms with Gasteiger partial charge in [-0.2, -0.15) is 13.1 Å². The number of aryl methyl sites for hydroxylation is 1. The van der Waals surface area contributed by atoms with Crippen molar-refractivity contribution in [3.63, 3.8) is 0 Å². The van der Waals surface area contributed by atoms with Gasteiger partial charge in [-0.05, 0) is 13.0 Å². The zero-order valence-electron chi connectivity index (χ0n) is 11.5. The maximum Gasteiger partial charge on any atom is 0.271 e. The number of rotatable bonds is 3. The Labute approximate surface area is 137 Å². The van der Waals surface area contributed by atoms with Crippen LogP contribution >= 0.6 is 23.1 Å². The molecule has 1 N–H and O–H groups in total. The zero-order chi connectivity index (χ0) is 15.9. The van der Waals surface area contributed by atoms with E-state index in [0.717, 1.165) is 22.3 Å². The second-order valence-corrected chi connectivity index (χ2v) is 6.43. The highest BCUT2D eigenvalue weighted by molar-refractivity contribution is 7.55. The summed E-state index contributed by atoms with van der Waals surface area (Å²) >= 11 is 2.89. The molecule has 112 valence electrons. The molecule has 0 radical (unpaired) electrons. The van der Waals surface area contributed by atoms with E-state index >= 15 is 0 Å². The molecule has 3 heterocycles. The van der Waals surface area contributed by atoms with Gasteiger partial charge >= 0.3 is 0 Å². The van der Waals surface area contributed by atoms with Gasteiger partial charge < -0.3 is 0 Å². The molecule has 0 atom stereocenters. The molecule has 0 spiro atoms. The van der Waals surface area contributed by atoms with Crippen molar-refractivity contribution in [2.45, 2.75) is 6.92 Å². The molecule has 0 aromatic carbocycles. The SMILES string of the molecule is Cc1nsnc1/C(=C/N=S=N)c1cc2c(s1)C(=O)N(C)C2=O. The van der Waals surface area contributed by atoms with Crippen molar-refractivity contribution in [3.8, 4) is 0 Å². The highest BCUT2D eigenvalue weighted by atomic mass is 32.1. The van der Waals surface area contributed by atoms with Crippen molar-refractivity contribution in [2.75, 3.05) is 7.05 Å². The number of fused-ring (bicyclic) bond motifs is 1. The lowest BCUT2D eigenvalue weighted by Gasteiger charge is -2.05. The second kappa shape index (κ2) is 5.63. The van der Waals surface area contributed by atoms with Gasteiger partial charge in [0, 0.05) is 17.5 Å². The van der Waals surface area contributed by atoms with E-state index in [1.54, 1.807) is 6.07 Å². The first-order valence-corrected chi connectivity index (χ1v) is 8.35. The molecule has 1 aliphatic rings. The molecule has 3 rings (SSSR count). The summed E-state index contributed by atoms with van der Waals surface area (Å²) in [5, 5.41) is 0. The van der Waals surface area contributed by atoms with E-state index in [9.17, 15) is 9.59 Å². The summed E-state index contributed by atoms with van der Waals surface area (Å²) in [7, 11) is 1.47. The standard InChI is InChI=1S/C12H9N5O2S3/c1-5-9(16-22-15-5)7(4-14-21-13)8-3-6-10(20-8)12(19)17(2)11(6)18/h3-4,13H,1-2H3/b7-4+. The molecular formula is C12H9N5O2S3. The van der Waals surface area contributed by atoms with E-state index < -0.39 is 0 Å². The number of nitrogens with zero attached hydrogens (tertiary/aromatic N) is 4. The molecule has 2 aromatic rings. The van der Waals surface area contributed by atoms with Gasteiger partial charge in [0.1, 0.15) is 10.6 Å². The largest absolute Gasteiger partial charge is 0.277 e. The van der Waals surface area contributed by atoms with Crippen LogP contribution in [0.5, 0.6) is 0 Å². The van der Waals surface area contributed by atoms with E-state index in [1.807, 2.05) is 6.92 Å². The van der Waals surface area contributed by atoms with Gasteiger partial charge in [0.25, 0.3) is 11.8 Å². The van der Waals surface area contributed by atoms with Gasteiger partial charge in [0.15, 0.2) is 0 Å². The van der Waals surface area contributed by atoms with Gasteiger partial charge in [-0.3, -0.25) is 14.5 Å². The minimum Gasteiger partial charge on any atom is -0.277 e. The number of hydrogen-bond donors (Lipinski definition) is 1. The van der Waals surface area contributed by atoms with Crippen LogP contribution in [0.25, 0.3) is 5.57 Å². The third-order valence-electron chi connectivity index (χ3n) is 3.17. The van der Waals surface area contributed by atoms with E-state index in [1.165, 1.54) is 24.6 Å². The fourth-order valence-corrected chi connectivity index (χ4v) is 3.92. The van der Waals surface area contributed by atoms with E-state index in [2.05, 4.69) is 13.1 Å². The Morgan fingerprint density at radius 3 is 2.77 bits per heavy atom. The van der Waals surface area contributed by atoms with Crippen LogP contribution in [0.1, 0.15) is 36.3 Å². The van der Waals surface area contributed by atoms with Crippen molar-refractivity contribution in [2.24, 2.45) is 4.36 Å². The molecule has 2 aromatic heterocycles. The molecule has 22 heavy (non-hydrogen) atoms. The lowest BCUT2D eigenvalue weighted by Crippen LogP contribution is -2.24. The van der Waals surface area contributed by atoms with Crippen LogP contribution in [-0.2, 0) is 11.4 Å². The molecular weight excluding hydrogens is 342 g/mol. The lowest BCUT2D eigenvalue weighted by atomic mass is 10.1. The molecule has 0 unspecified atom stereocenters. The first kappa shape index (κ1) is 14.9. The van der Waals surface area contributed by atoms with Crippen molar-refractivity contribution < 1.29 is 9.59 Å². The normalized spacial score (nSPS) is 14.5. The Bertz CT molecular complexity index is 842. The van der Waals surface area contributed by atoms with Crippen LogP contribution in [-0.4, -0.2) is 32.5 Å². The average molecular weight is 351 g/mol. The van der Waals surface area contributed by atoms with Gasteiger partial charge in [0.2, 0.25) is 0 Å². The summed E-state index contributed by atoms with van der Waals surface area (Å²) in [6, 6.07) is 1.68. The lowest BCUT2D eigenvalue weighted by molar-refractivity contribution is 0.0694. The van der Waals surface area contributed by atoms with Crippen molar-refractivity contribution in [3.05, 3.63) is 39.0 Å². The van der Waals surface area contributed by atoms with Crippen LogP contribution in [0.4, 0.5) is 0 Å². The molecule has 0 bridgehead atoms. The van der Waals surface area contributed by atoms with Crippen molar-refractivity contribution >= 4 is 51.8 Å². The van der Waals surface area contributed by atoms with Crippen LogP contribution in [0.2, 0.25) is 0 Å². The summed E-state index contributed by atoms with van der Waals surface area (Å²) in [5.41, 5.74) is 2.45. The fraction of sp³-hybridized carbons (Fsp3) is 0.167. The van der Waals surface area contributed by atoms with E-state index in [-0.39, 0.29) is 11.8 Å². The van der Waals surface area contributed by atoms with Crippen molar-refractivity contribution in [1.82, 2.24) is 13.6 Å². The van der Waals surface area contributed by atoms with Crippen LogP contribution in [0, 0.1) is 11.7 Å². The molecule has 2 amide bonds. The van der Waals surface area contributed by atoms with Gasteiger partial charge in [0.05, 0.1) is 40.5 Å².